The predicted octanol–water partition coefficient (Wildman–Crippen LogP) is 23.9. The third-order valence-corrected chi connectivity index (χ3v) is 14.7. The highest BCUT2D eigenvalue weighted by atomic mass is 16.6. The Morgan fingerprint density at radius 2 is 0.476 bits per heavy atom. The van der Waals surface area contributed by atoms with Crippen LogP contribution in [0.15, 0.2) is 122 Å². The van der Waals surface area contributed by atoms with Crippen molar-refractivity contribution >= 4 is 17.9 Å². The van der Waals surface area contributed by atoms with Gasteiger partial charge in [0.15, 0.2) is 6.10 Å². The van der Waals surface area contributed by atoms with Crippen LogP contribution in [0, 0.1) is 0 Å². The molecule has 6 heteroatoms. The molecule has 0 fully saturated rings. The highest BCUT2D eigenvalue weighted by Crippen LogP contribution is 2.17. The van der Waals surface area contributed by atoms with Crippen LogP contribution in [-0.2, 0) is 28.6 Å². The van der Waals surface area contributed by atoms with Gasteiger partial charge in [0.25, 0.3) is 0 Å². The van der Waals surface area contributed by atoms with Crippen molar-refractivity contribution in [3.8, 4) is 0 Å². The van der Waals surface area contributed by atoms with E-state index in [0.717, 1.165) is 128 Å². The number of hydrogen-bond donors (Lipinski definition) is 0. The van der Waals surface area contributed by atoms with Crippen LogP contribution < -0.4 is 0 Å². The van der Waals surface area contributed by atoms with Gasteiger partial charge in [0, 0.05) is 19.3 Å². The minimum absolute atomic E-state index is 0.0787. The average Bonchev–Trinajstić information content (AvgIpc) is 3.47. The molecular formula is C76H128O6. The largest absolute Gasteiger partial charge is 0.462 e. The van der Waals surface area contributed by atoms with Gasteiger partial charge in [-0.15, -0.1) is 0 Å². The Kier molecular flexibility index (Phi) is 65.8. The zero-order chi connectivity index (χ0) is 59.2. The third kappa shape index (κ3) is 66.6. The molecule has 1 unspecified atom stereocenters. The molecule has 0 aliphatic carbocycles. The Labute approximate surface area is 507 Å². The maximum Gasteiger partial charge on any atom is 0.306 e. The number of esters is 3. The maximum atomic E-state index is 12.9. The molecular weight excluding hydrogens is 1010 g/mol. The molecule has 0 aromatic rings. The van der Waals surface area contributed by atoms with Gasteiger partial charge in [-0.05, 0) is 109 Å². The average molecular weight is 1140 g/mol. The van der Waals surface area contributed by atoms with Gasteiger partial charge in [0.05, 0.1) is 0 Å². The number of allylic oxidation sites excluding steroid dienone is 20. The molecule has 0 radical (unpaired) electrons. The molecule has 0 spiro atoms. The number of rotatable bonds is 62. The maximum absolute atomic E-state index is 12.9. The smallest absolute Gasteiger partial charge is 0.306 e. The van der Waals surface area contributed by atoms with Gasteiger partial charge >= 0.3 is 17.9 Å². The van der Waals surface area contributed by atoms with Gasteiger partial charge < -0.3 is 14.2 Å². The lowest BCUT2D eigenvalue weighted by molar-refractivity contribution is -0.167. The first-order valence-electron chi connectivity index (χ1n) is 34.5. The summed E-state index contributed by atoms with van der Waals surface area (Å²) in [7, 11) is 0. The first-order chi connectivity index (χ1) is 40.5. The summed E-state index contributed by atoms with van der Waals surface area (Å²) in [5, 5.41) is 0. The van der Waals surface area contributed by atoms with Gasteiger partial charge in [0.1, 0.15) is 13.2 Å². The molecule has 0 rings (SSSR count). The van der Waals surface area contributed by atoms with Crippen molar-refractivity contribution in [3.05, 3.63) is 122 Å². The molecule has 0 N–H and O–H groups in total. The van der Waals surface area contributed by atoms with Crippen LogP contribution in [0.1, 0.15) is 323 Å². The molecule has 0 aromatic heterocycles. The van der Waals surface area contributed by atoms with Gasteiger partial charge in [-0.2, -0.15) is 0 Å². The lowest BCUT2D eigenvalue weighted by atomic mass is 10.0. The van der Waals surface area contributed by atoms with Crippen molar-refractivity contribution in [2.24, 2.45) is 0 Å². The highest BCUT2D eigenvalue weighted by Gasteiger charge is 2.19. The van der Waals surface area contributed by atoms with Crippen LogP contribution in [0.5, 0.6) is 0 Å². The van der Waals surface area contributed by atoms with E-state index in [9.17, 15) is 14.4 Å². The van der Waals surface area contributed by atoms with Crippen molar-refractivity contribution in [1.82, 2.24) is 0 Å². The monoisotopic (exact) mass is 1140 g/mol. The predicted molar refractivity (Wildman–Crippen MR) is 357 cm³/mol. The third-order valence-electron chi connectivity index (χ3n) is 14.7. The fraction of sp³-hybridized carbons (Fsp3) is 0.697. The van der Waals surface area contributed by atoms with E-state index in [0.29, 0.717) is 19.3 Å². The van der Waals surface area contributed by atoms with Crippen LogP contribution in [0.25, 0.3) is 0 Å². The molecule has 82 heavy (non-hydrogen) atoms. The van der Waals surface area contributed by atoms with Crippen LogP contribution in [-0.4, -0.2) is 37.2 Å². The summed E-state index contributed by atoms with van der Waals surface area (Å²) in [6.45, 7) is 6.40. The molecule has 0 aliphatic rings. The van der Waals surface area contributed by atoms with Crippen molar-refractivity contribution in [1.29, 1.82) is 0 Å². The summed E-state index contributed by atoms with van der Waals surface area (Å²) in [4.78, 5) is 38.2. The molecule has 0 heterocycles. The Morgan fingerprint density at radius 3 is 0.744 bits per heavy atom. The molecule has 0 aliphatic heterocycles. The normalized spacial score (nSPS) is 12.9. The number of unbranched alkanes of at least 4 members (excludes halogenated alkanes) is 31. The van der Waals surface area contributed by atoms with Gasteiger partial charge in [-0.3, -0.25) is 14.4 Å². The molecule has 0 saturated carbocycles. The van der Waals surface area contributed by atoms with E-state index in [1.807, 2.05) is 0 Å². The summed E-state index contributed by atoms with van der Waals surface area (Å²) in [5.41, 5.74) is 0. The summed E-state index contributed by atoms with van der Waals surface area (Å²) in [5.74, 6) is -0.880. The van der Waals surface area contributed by atoms with E-state index >= 15 is 0 Å². The molecule has 1 atom stereocenters. The molecule has 0 aromatic carbocycles. The van der Waals surface area contributed by atoms with Crippen molar-refractivity contribution in [2.75, 3.05) is 13.2 Å². The lowest BCUT2D eigenvalue weighted by Gasteiger charge is -2.18. The zero-order valence-electron chi connectivity index (χ0n) is 53.7. The summed E-state index contributed by atoms with van der Waals surface area (Å²) >= 11 is 0. The quantitative estimate of drug-likeness (QED) is 0.0261. The first-order valence-corrected chi connectivity index (χ1v) is 34.5. The van der Waals surface area contributed by atoms with E-state index in [-0.39, 0.29) is 31.1 Å². The van der Waals surface area contributed by atoms with Crippen LogP contribution >= 0.6 is 0 Å². The van der Waals surface area contributed by atoms with Gasteiger partial charge in [-0.25, -0.2) is 0 Å². The first kappa shape index (κ1) is 77.8. The van der Waals surface area contributed by atoms with Gasteiger partial charge in [-0.1, -0.05) is 316 Å². The van der Waals surface area contributed by atoms with Crippen molar-refractivity contribution in [2.45, 2.75) is 329 Å². The number of carbonyl (C=O) groups excluding carboxylic acids is 3. The summed E-state index contributed by atoms with van der Waals surface area (Å²) in [6, 6.07) is 0. The fourth-order valence-electron chi connectivity index (χ4n) is 9.62. The van der Waals surface area contributed by atoms with E-state index in [1.165, 1.54) is 154 Å². The number of ether oxygens (including phenoxy) is 3. The Balaban J connectivity index is 4.13. The SMILES string of the molecule is CC/C=C\C/C=C\C/C=C\C/C=C\C/C=C\CCCCCCCCCCCCCCCCCC(=O)OCC(COC(=O)CCCCCCCCCC)OC(=O)CCCCCCCCCCC/C=C\C/C=C\C/C=C\C/C=C\C/C=C\CC. The summed E-state index contributed by atoms with van der Waals surface area (Å²) in [6.07, 6.45) is 96.7. The Hall–Kier alpha value is -4.19. The highest BCUT2D eigenvalue weighted by molar-refractivity contribution is 5.71. The second-order valence-corrected chi connectivity index (χ2v) is 22.7. The van der Waals surface area contributed by atoms with Crippen LogP contribution in [0.4, 0.5) is 0 Å². The van der Waals surface area contributed by atoms with Gasteiger partial charge in [0.2, 0.25) is 0 Å². The van der Waals surface area contributed by atoms with E-state index in [1.54, 1.807) is 0 Å². The summed E-state index contributed by atoms with van der Waals surface area (Å²) < 4.78 is 16.9. The van der Waals surface area contributed by atoms with E-state index in [4.69, 9.17) is 14.2 Å². The van der Waals surface area contributed by atoms with Crippen LogP contribution in [0.2, 0.25) is 0 Å². The molecule has 0 bridgehead atoms. The van der Waals surface area contributed by atoms with E-state index < -0.39 is 6.10 Å². The molecule has 6 nitrogen and oxygen atoms in total. The topological polar surface area (TPSA) is 78.9 Å². The van der Waals surface area contributed by atoms with E-state index in [2.05, 4.69) is 142 Å². The Bertz CT molecular complexity index is 1690. The van der Waals surface area contributed by atoms with Crippen molar-refractivity contribution < 1.29 is 28.6 Å². The second-order valence-electron chi connectivity index (χ2n) is 22.7. The molecule has 0 amide bonds. The molecule has 468 valence electrons. The molecule has 0 saturated heterocycles. The number of hydrogen-bond acceptors (Lipinski definition) is 6. The lowest BCUT2D eigenvalue weighted by Crippen LogP contribution is -2.30. The standard InChI is InChI=1S/C76H128O6/c1-4-7-10-13-16-19-21-23-25-27-29-31-33-35-36-37-38-39-40-42-43-45-47-49-51-53-55-57-60-63-66-69-75(78)81-72-73(71-80-74(77)68-65-62-59-18-15-12-9-6-3)82-76(79)70-67-64-61-58-56-54-52-50-48-46-44-41-34-32-30-28-26-24-22-20-17-14-11-8-5-2/h7-8,10-11,16-17,19-20,23-26,29-32,35-36,41,44,73H,4-6,9,12-15,18,21-22,27-28,33-34,37-40,42-43,45-72H2,1-3H3/b10-7-,11-8-,19-16-,20-17-,25-23-,26-24-,31-29-,32-30-,36-35-,44-41-. The second kappa shape index (κ2) is 69.3. The minimum atomic E-state index is -0.781. The van der Waals surface area contributed by atoms with Crippen LogP contribution in [0.3, 0.4) is 0 Å². The minimum Gasteiger partial charge on any atom is -0.462 e. The van der Waals surface area contributed by atoms with Crippen molar-refractivity contribution in [3.63, 3.8) is 0 Å². The number of carbonyl (C=O) groups is 3. The zero-order valence-corrected chi connectivity index (χ0v) is 53.7. The fourth-order valence-corrected chi connectivity index (χ4v) is 9.62. The Morgan fingerprint density at radius 1 is 0.256 bits per heavy atom.